The van der Waals surface area contributed by atoms with Gasteiger partial charge in [-0.25, -0.2) is 4.79 Å². The maximum atomic E-state index is 13.5. The number of aromatic nitrogens is 3. The minimum atomic E-state index is -0.995. The molecule has 5 nitrogen and oxygen atoms in total. The Kier molecular flexibility index (Phi) is 8.81. The van der Waals surface area contributed by atoms with Gasteiger partial charge in [0.2, 0.25) is 0 Å². The number of hydrogen-bond donors (Lipinski definition) is 2. The van der Waals surface area contributed by atoms with Crippen LogP contribution in [0.2, 0.25) is 0 Å². The average molecular weight is 638 g/mol. The SMILES string of the molecule is Cc1ccc(CC(=C(C(=O)O)c2ccccc2)c2cc(-c3ccccc3)c(-c3ccccc3)c(-c3ccccc3C)c2-c2c[nH]nn2)cc1. The van der Waals surface area contributed by atoms with E-state index in [1.54, 1.807) is 6.20 Å². The quantitative estimate of drug-likeness (QED) is 0.122. The van der Waals surface area contributed by atoms with Crippen molar-refractivity contribution in [3.8, 4) is 44.6 Å². The molecule has 7 rings (SSSR count). The molecule has 0 aliphatic carbocycles. The molecule has 0 bridgehead atoms. The van der Waals surface area contributed by atoms with Crippen LogP contribution < -0.4 is 0 Å². The standard InChI is InChI=1S/C44H35N3O2/c1-29-22-24-31(25-23-29)26-37(41(44(48)49)34-19-10-5-11-20-34)38-27-36(32-15-6-3-7-16-32)40(33-17-8-4-9-18-33)43(35-21-13-12-14-30(35)2)42(38)39-28-45-47-46-39/h3-25,27-28H,26H2,1-2H3,(H,48,49)(H,45,46,47). The number of aryl methyl sites for hydroxylation is 2. The Morgan fingerprint density at radius 3 is 1.88 bits per heavy atom. The van der Waals surface area contributed by atoms with Crippen LogP contribution >= 0.6 is 0 Å². The number of H-pyrrole nitrogens is 1. The lowest BCUT2D eigenvalue weighted by molar-refractivity contribution is -0.130. The third-order valence-electron chi connectivity index (χ3n) is 8.97. The summed E-state index contributed by atoms with van der Waals surface area (Å²) in [7, 11) is 0. The minimum Gasteiger partial charge on any atom is -0.478 e. The van der Waals surface area contributed by atoms with Crippen molar-refractivity contribution in [3.05, 3.63) is 180 Å². The Bertz CT molecular complexity index is 2260. The van der Waals surface area contributed by atoms with Crippen LogP contribution in [0.25, 0.3) is 55.8 Å². The molecular weight excluding hydrogens is 603 g/mol. The molecule has 0 fully saturated rings. The summed E-state index contributed by atoms with van der Waals surface area (Å²) in [5.74, 6) is -0.995. The van der Waals surface area contributed by atoms with Gasteiger partial charge < -0.3 is 5.11 Å². The van der Waals surface area contributed by atoms with Gasteiger partial charge in [0.05, 0.1) is 11.8 Å². The molecule has 1 aromatic heterocycles. The third-order valence-corrected chi connectivity index (χ3v) is 8.97. The van der Waals surface area contributed by atoms with Crippen molar-refractivity contribution in [3.63, 3.8) is 0 Å². The summed E-state index contributed by atoms with van der Waals surface area (Å²) in [6, 6.07) is 48.9. The van der Waals surface area contributed by atoms with Crippen LogP contribution in [-0.2, 0) is 11.2 Å². The van der Waals surface area contributed by atoms with Crippen LogP contribution in [-0.4, -0.2) is 26.5 Å². The summed E-state index contributed by atoms with van der Waals surface area (Å²) in [6.07, 6.45) is 2.18. The van der Waals surface area contributed by atoms with E-state index in [0.29, 0.717) is 23.3 Å². The number of aliphatic carboxylic acids is 1. The molecule has 0 aliphatic rings. The smallest absolute Gasteiger partial charge is 0.336 e. The molecule has 0 amide bonds. The van der Waals surface area contributed by atoms with Gasteiger partial charge in [-0.2, -0.15) is 0 Å². The first-order valence-corrected chi connectivity index (χ1v) is 16.3. The topological polar surface area (TPSA) is 78.9 Å². The van der Waals surface area contributed by atoms with Crippen LogP contribution in [0.3, 0.4) is 0 Å². The van der Waals surface area contributed by atoms with Crippen molar-refractivity contribution in [2.45, 2.75) is 20.3 Å². The van der Waals surface area contributed by atoms with E-state index >= 15 is 0 Å². The van der Waals surface area contributed by atoms with Gasteiger partial charge in [0.25, 0.3) is 0 Å². The lowest BCUT2D eigenvalue weighted by atomic mass is 9.77. The second kappa shape index (κ2) is 13.8. The second-order valence-corrected chi connectivity index (χ2v) is 12.2. The number of allylic oxidation sites excluding steroid dienone is 1. The molecule has 0 spiro atoms. The first kappa shape index (κ1) is 31.3. The summed E-state index contributed by atoms with van der Waals surface area (Å²) in [5.41, 5.74) is 13.1. The summed E-state index contributed by atoms with van der Waals surface area (Å²) >= 11 is 0. The highest BCUT2D eigenvalue weighted by atomic mass is 16.4. The zero-order valence-corrected chi connectivity index (χ0v) is 27.4. The van der Waals surface area contributed by atoms with Crippen molar-refractivity contribution < 1.29 is 9.90 Å². The number of carboxylic acid groups (broad SMARTS) is 1. The monoisotopic (exact) mass is 637 g/mol. The van der Waals surface area contributed by atoms with Gasteiger partial charge in [0.15, 0.2) is 0 Å². The van der Waals surface area contributed by atoms with Crippen LogP contribution in [0.5, 0.6) is 0 Å². The Morgan fingerprint density at radius 2 is 1.27 bits per heavy atom. The third kappa shape index (κ3) is 6.34. The summed E-state index contributed by atoms with van der Waals surface area (Å²) in [5, 5.41) is 22.8. The van der Waals surface area contributed by atoms with Crippen LogP contribution in [0, 0.1) is 13.8 Å². The van der Waals surface area contributed by atoms with Gasteiger partial charge in [0.1, 0.15) is 5.69 Å². The Hall–Kier alpha value is -6.33. The van der Waals surface area contributed by atoms with E-state index < -0.39 is 5.97 Å². The Morgan fingerprint density at radius 1 is 0.653 bits per heavy atom. The maximum Gasteiger partial charge on any atom is 0.336 e. The van der Waals surface area contributed by atoms with Gasteiger partial charge in [0, 0.05) is 11.1 Å². The fourth-order valence-electron chi connectivity index (χ4n) is 6.64. The van der Waals surface area contributed by atoms with E-state index in [-0.39, 0.29) is 5.57 Å². The number of benzene rings is 6. The van der Waals surface area contributed by atoms with Gasteiger partial charge in [-0.1, -0.05) is 150 Å². The fourth-order valence-corrected chi connectivity index (χ4v) is 6.64. The van der Waals surface area contributed by atoms with Crippen LogP contribution in [0.15, 0.2) is 152 Å². The number of carbonyl (C=O) groups is 1. The zero-order valence-electron chi connectivity index (χ0n) is 27.4. The van der Waals surface area contributed by atoms with E-state index in [1.165, 1.54) is 0 Å². The molecule has 0 saturated heterocycles. The van der Waals surface area contributed by atoms with Crippen LogP contribution in [0.1, 0.15) is 27.8 Å². The average Bonchev–Trinajstić information content (AvgIpc) is 3.68. The van der Waals surface area contributed by atoms with E-state index in [2.05, 4.69) is 108 Å². The number of hydrogen-bond acceptors (Lipinski definition) is 3. The number of aromatic amines is 1. The molecule has 49 heavy (non-hydrogen) atoms. The van der Waals surface area contributed by atoms with Crippen molar-refractivity contribution in [1.82, 2.24) is 15.4 Å². The van der Waals surface area contributed by atoms with Gasteiger partial charge in [-0.05, 0) is 82.0 Å². The van der Waals surface area contributed by atoms with Gasteiger partial charge >= 0.3 is 5.97 Å². The van der Waals surface area contributed by atoms with Crippen molar-refractivity contribution >= 4 is 17.1 Å². The Labute approximate surface area is 286 Å². The molecule has 6 aromatic carbocycles. The minimum absolute atomic E-state index is 0.244. The van der Waals surface area contributed by atoms with E-state index in [4.69, 9.17) is 0 Å². The number of carboxylic acids is 1. The molecule has 1 heterocycles. The molecule has 0 atom stereocenters. The molecule has 0 saturated carbocycles. The molecule has 238 valence electrons. The maximum absolute atomic E-state index is 13.5. The first-order chi connectivity index (χ1) is 24.0. The van der Waals surface area contributed by atoms with Crippen molar-refractivity contribution in [2.75, 3.05) is 0 Å². The van der Waals surface area contributed by atoms with Gasteiger partial charge in [-0.15, -0.1) is 5.10 Å². The highest BCUT2D eigenvalue weighted by Crippen LogP contribution is 2.50. The number of rotatable bonds is 9. The van der Waals surface area contributed by atoms with E-state index in [1.807, 2.05) is 66.7 Å². The summed E-state index contributed by atoms with van der Waals surface area (Å²) < 4.78 is 0. The lowest BCUT2D eigenvalue weighted by Crippen LogP contribution is -2.08. The van der Waals surface area contributed by atoms with Gasteiger partial charge in [-0.3, -0.25) is 5.10 Å². The lowest BCUT2D eigenvalue weighted by Gasteiger charge is -2.26. The predicted molar refractivity (Wildman–Crippen MR) is 199 cm³/mol. The molecule has 0 aliphatic heterocycles. The van der Waals surface area contributed by atoms with E-state index in [0.717, 1.165) is 61.2 Å². The molecule has 0 radical (unpaired) electrons. The fraction of sp³-hybridized carbons (Fsp3) is 0.0682. The first-order valence-electron chi connectivity index (χ1n) is 16.3. The van der Waals surface area contributed by atoms with E-state index in [9.17, 15) is 9.90 Å². The molecular formula is C44H35N3O2. The molecule has 2 N–H and O–H groups in total. The van der Waals surface area contributed by atoms with Crippen molar-refractivity contribution in [1.29, 1.82) is 0 Å². The second-order valence-electron chi connectivity index (χ2n) is 12.2. The zero-order chi connectivity index (χ0) is 33.7. The molecule has 7 aromatic rings. The summed E-state index contributed by atoms with van der Waals surface area (Å²) in [4.78, 5) is 13.5. The number of nitrogens with zero attached hydrogens (tertiary/aromatic N) is 2. The normalized spacial score (nSPS) is 11.6. The highest BCUT2D eigenvalue weighted by Gasteiger charge is 2.29. The van der Waals surface area contributed by atoms with Crippen molar-refractivity contribution in [2.24, 2.45) is 0 Å². The van der Waals surface area contributed by atoms with Crippen LogP contribution in [0.4, 0.5) is 0 Å². The Balaban J connectivity index is 1.72. The molecule has 5 heteroatoms. The molecule has 0 unspecified atom stereocenters. The summed E-state index contributed by atoms with van der Waals surface area (Å²) in [6.45, 7) is 4.17. The predicted octanol–water partition coefficient (Wildman–Crippen LogP) is 10.3. The number of nitrogens with one attached hydrogen (secondary N) is 1. The highest BCUT2D eigenvalue weighted by molar-refractivity contribution is 6.25. The largest absolute Gasteiger partial charge is 0.478 e.